The van der Waals surface area contributed by atoms with Gasteiger partial charge in [-0.25, -0.2) is 14.0 Å². The van der Waals surface area contributed by atoms with Crippen molar-refractivity contribution in [3.63, 3.8) is 0 Å². The van der Waals surface area contributed by atoms with Crippen molar-refractivity contribution in [2.75, 3.05) is 33.2 Å². The van der Waals surface area contributed by atoms with Crippen molar-refractivity contribution in [2.24, 2.45) is 4.74 Å². The van der Waals surface area contributed by atoms with Crippen LogP contribution in [0.2, 0.25) is 0 Å². The molecule has 6 heteroatoms. The number of benzene rings is 1. The van der Waals surface area contributed by atoms with Crippen LogP contribution in [0.4, 0.5) is 0 Å². The van der Waals surface area contributed by atoms with Gasteiger partial charge in [-0.2, -0.15) is 0 Å². The highest BCUT2D eigenvalue weighted by molar-refractivity contribution is 14.1. The highest BCUT2D eigenvalue weighted by Gasteiger charge is 2.41. The first-order valence-corrected chi connectivity index (χ1v) is 13.3. The van der Waals surface area contributed by atoms with Crippen LogP contribution in [0.1, 0.15) is 66.0 Å². The van der Waals surface area contributed by atoms with Crippen molar-refractivity contribution >= 4 is 30.1 Å². The number of hydrogen-bond acceptors (Lipinski definition) is 1. The van der Waals surface area contributed by atoms with E-state index in [2.05, 4.69) is 116 Å². The molecule has 0 bridgehead atoms. The second-order valence-electron chi connectivity index (χ2n) is 9.24. The summed E-state index contributed by atoms with van der Waals surface area (Å²) in [7, 11) is 0.377. The van der Waals surface area contributed by atoms with Gasteiger partial charge in [-0.15, -0.1) is 0 Å². The van der Waals surface area contributed by atoms with Crippen LogP contribution in [-0.2, 0) is 9.97 Å². The van der Waals surface area contributed by atoms with Gasteiger partial charge in [0, 0.05) is 36.1 Å². The molecule has 0 aliphatic carbocycles. The van der Waals surface area contributed by atoms with Gasteiger partial charge in [0.2, 0.25) is 0 Å². The maximum atomic E-state index is 5.54. The SMILES string of the molecule is CCN(CC)P1(=NC(C)(C)C)N(C)CCCN1Cc1ccc(C(C)(C)I)cc1. The summed E-state index contributed by atoms with van der Waals surface area (Å²) in [5.74, 6) is 0. The van der Waals surface area contributed by atoms with Crippen LogP contribution in [0, 0.1) is 0 Å². The van der Waals surface area contributed by atoms with Gasteiger partial charge < -0.3 is 0 Å². The minimum atomic E-state index is -1.91. The van der Waals surface area contributed by atoms with Gasteiger partial charge >= 0.3 is 0 Å². The molecule has 1 aliphatic rings. The quantitative estimate of drug-likeness (QED) is 0.241. The molecule has 1 aromatic carbocycles. The van der Waals surface area contributed by atoms with Crippen molar-refractivity contribution < 1.29 is 0 Å². The molecule has 1 unspecified atom stereocenters. The van der Waals surface area contributed by atoms with Crippen molar-refractivity contribution in [3.8, 4) is 0 Å². The van der Waals surface area contributed by atoms with E-state index in [1.807, 2.05) is 0 Å². The van der Waals surface area contributed by atoms with Gasteiger partial charge in [-0.3, -0.25) is 4.74 Å². The fourth-order valence-electron chi connectivity index (χ4n) is 3.96. The molecule has 1 heterocycles. The third kappa shape index (κ3) is 5.60. The van der Waals surface area contributed by atoms with Crippen LogP contribution in [0.15, 0.2) is 29.0 Å². The Hall–Kier alpha value is 0.0600. The Labute approximate surface area is 187 Å². The van der Waals surface area contributed by atoms with Gasteiger partial charge in [-0.05, 0) is 59.2 Å². The zero-order chi connectivity index (χ0) is 21.2. The molecular weight excluding hydrogens is 478 g/mol. The molecule has 2 rings (SSSR count). The molecule has 0 radical (unpaired) electrons. The van der Waals surface area contributed by atoms with E-state index < -0.39 is 7.51 Å². The molecule has 1 aliphatic heterocycles. The number of alkyl halides is 1. The molecule has 1 aromatic rings. The molecule has 160 valence electrons. The lowest BCUT2D eigenvalue weighted by atomic mass is 10.0. The minimum absolute atomic E-state index is 0.0602. The molecule has 1 fully saturated rings. The third-order valence-electron chi connectivity index (χ3n) is 5.28. The molecule has 0 spiro atoms. The van der Waals surface area contributed by atoms with Crippen LogP contribution in [0.5, 0.6) is 0 Å². The van der Waals surface area contributed by atoms with E-state index in [0.29, 0.717) is 0 Å². The Balaban J connectivity index is 2.48. The molecular formula is C22H40IN4P. The molecule has 1 saturated heterocycles. The fourth-order valence-corrected chi connectivity index (χ4v) is 8.68. The van der Waals surface area contributed by atoms with Crippen molar-refractivity contribution in [1.82, 2.24) is 14.0 Å². The lowest BCUT2D eigenvalue weighted by Gasteiger charge is -2.52. The van der Waals surface area contributed by atoms with E-state index in [4.69, 9.17) is 4.74 Å². The first-order chi connectivity index (χ1) is 12.9. The highest BCUT2D eigenvalue weighted by Crippen LogP contribution is 2.62. The average Bonchev–Trinajstić information content (AvgIpc) is 2.58. The number of nitrogens with zero attached hydrogens (tertiary/aromatic N) is 4. The first-order valence-electron chi connectivity index (χ1n) is 10.6. The zero-order valence-corrected chi connectivity index (χ0v) is 22.2. The predicted octanol–water partition coefficient (Wildman–Crippen LogP) is 6.58. The summed E-state index contributed by atoms with van der Waals surface area (Å²) < 4.78 is 13.6. The van der Waals surface area contributed by atoms with E-state index in [-0.39, 0.29) is 8.96 Å². The Morgan fingerprint density at radius 1 is 1.04 bits per heavy atom. The molecule has 4 nitrogen and oxygen atoms in total. The summed E-state index contributed by atoms with van der Waals surface area (Å²) >= 11 is 2.52. The van der Waals surface area contributed by atoms with Crippen molar-refractivity contribution in [3.05, 3.63) is 35.4 Å². The van der Waals surface area contributed by atoms with E-state index in [0.717, 1.165) is 32.7 Å². The van der Waals surface area contributed by atoms with Crippen molar-refractivity contribution in [1.29, 1.82) is 0 Å². The molecule has 28 heavy (non-hydrogen) atoms. The Morgan fingerprint density at radius 3 is 2.07 bits per heavy atom. The topological polar surface area (TPSA) is 22.1 Å². The molecule has 0 amide bonds. The standard InChI is InChI=1S/C22H40IN4P/c1-9-26(10-2)28(24-21(3,4)5)25(8)16-11-17-27(28)18-19-12-14-20(15-13-19)22(6,7)23/h12-15H,9-11,16-18H2,1-8H3. The van der Waals surface area contributed by atoms with Crippen LogP contribution in [0.25, 0.3) is 0 Å². The lowest BCUT2D eigenvalue weighted by Crippen LogP contribution is -2.45. The summed E-state index contributed by atoms with van der Waals surface area (Å²) in [6.07, 6.45) is 1.21. The zero-order valence-electron chi connectivity index (χ0n) is 19.2. The van der Waals surface area contributed by atoms with E-state index in [9.17, 15) is 0 Å². The number of hydrogen-bond donors (Lipinski definition) is 0. The fraction of sp³-hybridized carbons (Fsp3) is 0.727. The molecule has 0 N–H and O–H groups in total. The van der Waals surface area contributed by atoms with Gasteiger partial charge in [0.05, 0.1) is 5.54 Å². The Morgan fingerprint density at radius 2 is 1.61 bits per heavy atom. The van der Waals surface area contributed by atoms with E-state index >= 15 is 0 Å². The van der Waals surface area contributed by atoms with Gasteiger partial charge in [0.15, 0.2) is 7.51 Å². The second-order valence-corrected chi connectivity index (χ2v) is 15.0. The normalized spacial score (nSPS) is 22.6. The first kappa shape index (κ1) is 24.3. The van der Waals surface area contributed by atoms with Crippen LogP contribution in [-0.4, -0.2) is 52.8 Å². The summed E-state index contributed by atoms with van der Waals surface area (Å²) in [6, 6.07) is 9.23. The maximum absolute atomic E-state index is 5.54. The van der Waals surface area contributed by atoms with Gasteiger partial charge in [0.1, 0.15) is 0 Å². The largest absolute Gasteiger partial charge is 0.255 e. The van der Waals surface area contributed by atoms with E-state index in [1.54, 1.807) is 0 Å². The smallest absolute Gasteiger partial charge is 0.168 e. The van der Waals surface area contributed by atoms with Crippen molar-refractivity contribution in [2.45, 2.75) is 70.4 Å². The third-order valence-corrected chi connectivity index (χ3v) is 10.3. The minimum Gasteiger partial charge on any atom is -0.255 e. The van der Waals surface area contributed by atoms with Crippen LogP contribution in [0.3, 0.4) is 0 Å². The lowest BCUT2D eigenvalue weighted by molar-refractivity contribution is 0.280. The highest BCUT2D eigenvalue weighted by atomic mass is 127. The second kappa shape index (κ2) is 9.47. The number of halogens is 1. The van der Waals surface area contributed by atoms with Crippen LogP contribution < -0.4 is 0 Å². The number of rotatable bonds is 6. The maximum Gasteiger partial charge on any atom is 0.168 e. The molecule has 0 saturated carbocycles. The van der Waals surface area contributed by atoms with Gasteiger partial charge in [0.25, 0.3) is 0 Å². The summed E-state index contributed by atoms with van der Waals surface area (Å²) in [6.45, 7) is 21.1. The molecule has 0 aromatic heterocycles. The monoisotopic (exact) mass is 518 g/mol. The summed E-state index contributed by atoms with van der Waals surface area (Å²) in [4.78, 5) is 0. The predicted molar refractivity (Wildman–Crippen MR) is 133 cm³/mol. The average molecular weight is 518 g/mol. The Kier molecular flexibility index (Phi) is 8.23. The van der Waals surface area contributed by atoms with Gasteiger partial charge in [-0.1, -0.05) is 60.7 Å². The van der Waals surface area contributed by atoms with Crippen LogP contribution >= 0.6 is 30.1 Å². The molecule has 1 atom stereocenters. The summed E-state index contributed by atoms with van der Waals surface area (Å²) in [5, 5.41) is 0. The summed E-state index contributed by atoms with van der Waals surface area (Å²) in [5.41, 5.74) is 2.71. The van der Waals surface area contributed by atoms with E-state index in [1.165, 1.54) is 17.5 Å². The Bertz CT molecular complexity index is 684.